The predicted molar refractivity (Wildman–Crippen MR) is 111 cm³/mol. The Balaban J connectivity index is 1.56. The second kappa shape index (κ2) is 6.00. The van der Waals surface area contributed by atoms with Gasteiger partial charge in [-0.25, -0.2) is 0 Å². The number of piperidine rings is 4. The van der Waals surface area contributed by atoms with Gasteiger partial charge >= 0.3 is 11.9 Å². The summed E-state index contributed by atoms with van der Waals surface area (Å²) in [5.74, 6) is 0.608. The van der Waals surface area contributed by atoms with E-state index in [-0.39, 0.29) is 35.7 Å². The van der Waals surface area contributed by atoms with Crippen molar-refractivity contribution in [3.63, 3.8) is 0 Å². The first-order chi connectivity index (χ1) is 14.4. The lowest BCUT2D eigenvalue weighted by molar-refractivity contribution is -0.228. The van der Waals surface area contributed by atoms with E-state index in [0.29, 0.717) is 29.8 Å². The van der Waals surface area contributed by atoms with Crippen molar-refractivity contribution in [2.45, 2.75) is 75.9 Å². The summed E-state index contributed by atoms with van der Waals surface area (Å²) in [4.78, 5) is 29.2. The minimum atomic E-state index is -0.203. The van der Waals surface area contributed by atoms with Crippen molar-refractivity contribution in [2.24, 2.45) is 17.8 Å². The zero-order valence-corrected chi connectivity index (χ0v) is 18.1. The van der Waals surface area contributed by atoms with E-state index in [4.69, 9.17) is 9.47 Å². The van der Waals surface area contributed by atoms with Crippen molar-refractivity contribution >= 4 is 17.6 Å². The molecule has 1 saturated carbocycles. The summed E-state index contributed by atoms with van der Waals surface area (Å²) in [7, 11) is 2.18. The summed E-state index contributed by atoms with van der Waals surface area (Å²) < 4.78 is 12.2. The van der Waals surface area contributed by atoms with Crippen LogP contribution >= 0.6 is 0 Å². The third-order valence-corrected chi connectivity index (χ3v) is 8.98. The molecule has 6 nitrogen and oxygen atoms in total. The molecule has 1 spiro atoms. The zero-order valence-electron chi connectivity index (χ0n) is 18.1. The van der Waals surface area contributed by atoms with E-state index in [2.05, 4.69) is 48.0 Å². The molecule has 1 aliphatic carbocycles. The number of esters is 2. The minimum absolute atomic E-state index is 0.122. The number of fused-ring (bicyclic) bond motifs is 2. The van der Waals surface area contributed by atoms with E-state index in [1.165, 1.54) is 18.2 Å². The molecule has 1 unspecified atom stereocenters. The molecule has 6 aliphatic rings. The highest BCUT2D eigenvalue weighted by molar-refractivity contribution is 5.70. The highest BCUT2D eigenvalue weighted by atomic mass is 16.6. The monoisotopic (exact) mass is 410 g/mol. The molecule has 5 fully saturated rings. The molecule has 30 heavy (non-hydrogen) atoms. The summed E-state index contributed by atoms with van der Waals surface area (Å²) in [6, 6.07) is 9.46. The molecule has 10 atom stereocenters. The fourth-order valence-electron chi connectivity index (χ4n) is 8.49. The Bertz CT molecular complexity index is 934. The van der Waals surface area contributed by atoms with E-state index < -0.39 is 0 Å². The Kier molecular flexibility index (Phi) is 3.73. The number of para-hydroxylation sites is 1. The fourth-order valence-corrected chi connectivity index (χ4v) is 8.49. The van der Waals surface area contributed by atoms with Crippen LogP contribution in [-0.2, 0) is 24.5 Å². The van der Waals surface area contributed by atoms with E-state index in [0.717, 1.165) is 19.3 Å². The van der Waals surface area contributed by atoms with Crippen LogP contribution in [0, 0.1) is 17.8 Å². The predicted octanol–water partition coefficient (Wildman–Crippen LogP) is 2.70. The van der Waals surface area contributed by atoms with Crippen molar-refractivity contribution in [3.8, 4) is 0 Å². The lowest BCUT2D eigenvalue weighted by Gasteiger charge is -2.62. The SMILES string of the molecule is CC[C@H]1[C@@H]2C[C@H]3[C@@H]4N(C)c5ccccc5[C@]45C[C@@H]([C@H]2[C@H]5OC(C)=O)N3[C@@H]1OC(C)=O. The molecule has 5 bridgehead atoms. The molecule has 0 amide bonds. The Morgan fingerprint density at radius 1 is 1.13 bits per heavy atom. The number of benzene rings is 1. The number of carbonyl (C=O) groups is 2. The molecule has 1 aromatic rings. The average molecular weight is 411 g/mol. The number of likely N-dealkylation sites (N-methyl/N-ethyl adjacent to an activating group) is 1. The average Bonchev–Trinajstić information content (AvgIpc) is 3.10. The van der Waals surface area contributed by atoms with Crippen LogP contribution in [-0.4, -0.2) is 54.3 Å². The Morgan fingerprint density at radius 3 is 2.57 bits per heavy atom. The third-order valence-electron chi connectivity index (χ3n) is 8.98. The third kappa shape index (κ3) is 1.99. The van der Waals surface area contributed by atoms with Crippen LogP contribution in [0.25, 0.3) is 0 Å². The number of hydrogen-bond acceptors (Lipinski definition) is 6. The molecule has 5 heterocycles. The van der Waals surface area contributed by atoms with Gasteiger partial charge in [0.15, 0.2) is 6.23 Å². The topological polar surface area (TPSA) is 59.1 Å². The van der Waals surface area contributed by atoms with Crippen LogP contribution in [0.5, 0.6) is 0 Å². The molecular formula is C24H30N2O4. The van der Waals surface area contributed by atoms with Crippen molar-refractivity contribution in [1.29, 1.82) is 0 Å². The molecular weight excluding hydrogens is 380 g/mol. The summed E-state index contributed by atoms with van der Waals surface area (Å²) in [6.07, 6.45) is 2.72. The van der Waals surface area contributed by atoms with Crippen LogP contribution in [0.2, 0.25) is 0 Å². The molecule has 1 aromatic carbocycles. The summed E-state index contributed by atoms with van der Waals surface area (Å²) in [6.45, 7) is 5.26. The first kappa shape index (κ1) is 18.7. The van der Waals surface area contributed by atoms with Gasteiger partial charge in [0.1, 0.15) is 6.10 Å². The highest BCUT2D eigenvalue weighted by Gasteiger charge is 2.78. The van der Waals surface area contributed by atoms with Gasteiger partial charge in [-0.05, 0) is 36.8 Å². The molecule has 0 radical (unpaired) electrons. The van der Waals surface area contributed by atoms with Crippen LogP contribution in [0.1, 0.15) is 45.6 Å². The van der Waals surface area contributed by atoms with E-state index >= 15 is 0 Å². The van der Waals surface area contributed by atoms with Crippen LogP contribution in [0.15, 0.2) is 24.3 Å². The van der Waals surface area contributed by atoms with Gasteiger partial charge in [0.05, 0.1) is 11.5 Å². The van der Waals surface area contributed by atoms with Crippen LogP contribution in [0.3, 0.4) is 0 Å². The van der Waals surface area contributed by atoms with E-state index in [9.17, 15) is 9.59 Å². The van der Waals surface area contributed by atoms with Gasteiger partial charge in [0.25, 0.3) is 0 Å². The van der Waals surface area contributed by atoms with Gasteiger partial charge in [-0.2, -0.15) is 0 Å². The number of nitrogens with zero attached hydrogens (tertiary/aromatic N) is 2. The number of ether oxygens (including phenoxy) is 2. The largest absolute Gasteiger partial charge is 0.461 e. The van der Waals surface area contributed by atoms with Crippen molar-refractivity contribution < 1.29 is 19.1 Å². The van der Waals surface area contributed by atoms with Crippen molar-refractivity contribution in [2.75, 3.05) is 11.9 Å². The first-order valence-electron chi connectivity index (χ1n) is 11.3. The first-order valence-corrected chi connectivity index (χ1v) is 11.3. The van der Waals surface area contributed by atoms with Crippen LogP contribution in [0.4, 0.5) is 5.69 Å². The molecule has 0 aromatic heterocycles. The molecule has 4 saturated heterocycles. The Labute approximate surface area is 177 Å². The fraction of sp³-hybridized carbons (Fsp3) is 0.667. The van der Waals surface area contributed by atoms with Gasteiger partial charge in [-0.3, -0.25) is 14.5 Å². The maximum Gasteiger partial charge on any atom is 0.304 e. The molecule has 160 valence electrons. The second-order valence-corrected chi connectivity index (χ2v) is 9.98. The quantitative estimate of drug-likeness (QED) is 0.714. The van der Waals surface area contributed by atoms with Gasteiger partial charge in [-0.1, -0.05) is 25.1 Å². The summed E-state index contributed by atoms with van der Waals surface area (Å²) in [5, 5.41) is 0. The lowest BCUT2D eigenvalue weighted by Crippen LogP contribution is -2.73. The second-order valence-electron chi connectivity index (χ2n) is 9.98. The molecule has 5 aliphatic heterocycles. The number of carbonyl (C=O) groups excluding carboxylic acids is 2. The molecule has 6 heteroatoms. The van der Waals surface area contributed by atoms with Crippen LogP contribution < -0.4 is 4.90 Å². The number of rotatable bonds is 3. The van der Waals surface area contributed by atoms with Crippen molar-refractivity contribution in [1.82, 2.24) is 4.90 Å². The minimum Gasteiger partial charge on any atom is -0.461 e. The maximum atomic E-state index is 12.3. The van der Waals surface area contributed by atoms with Crippen molar-refractivity contribution in [3.05, 3.63) is 29.8 Å². The summed E-state index contributed by atoms with van der Waals surface area (Å²) >= 11 is 0. The normalized spacial score (nSPS) is 46.5. The number of hydrogen-bond donors (Lipinski definition) is 0. The van der Waals surface area contributed by atoms with Gasteiger partial charge < -0.3 is 14.4 Å². The lowest BCUT2D eigenvalue weighted by atomic mass is 9.62. The Morgan fingerprint density at radius 2 is 1.87 bits per heavy atom. The number of anilines is 1. The van der Waals surface area contributed by atoms with Gasteiger partial charge in [0, 0.05) is 50.5 Å². The zero-order chi connectivity index (χ0) is 20.9. The molecule has 7 rings (SSSR count). The summed E-state index contributed by atoms with van der Waals surface area (Å²) in [5.41, 5.74) is 2.41. The smallest absolute Gasteiger partial charge is 0.304 e. The Hall–Kier alpha value is -2.08. The highest BCUT2D eigenvalue weighted by Crippen LogP contribution is 2.69. The maximum absolute atomic E-state index is 12.3. The van der Waals surface area contributed by atoms with Gasteiger partial charge in [-0.15, -0.1) is 0 Å². The van der Waals surface area contributed by atoms with E-state index in [1.807, 2.05) is 0 Å². The molecule has 0 N–H and O–H groups in total. The standard InChI is InChI=1S/C24H30N2O4/c1-5-14-15-10-18-21-24(16-8-6-7-9-17(16)25(21)4)11-19(20(15)22(24)29-12(2)27)26(18)23(14)30-13(3)28/h6-9,14-15,18-23H,5,10-11H2,1-4H3/t14-,15-,18-,19-,20-,21-,22+,23+,24+/m0/s1. The van der Waals surface area contributed by atoms with Gasteiger partial charge in [0.2, 0.25) is 0 Å². The van der Waals surface area contributed by atoms with E-state index in [1.54, 1.807) is 6.92 Å².